The number of nitrogens with one attached hydrogen (secondary N) is 2. The summed E-state index contributed by atoms with van der Waals surface area (Å²) in [4.78, 5) is 9.18. The van der Waals surface area contributed by atoms with Gasteiger partial charge in [-0.3, -0.25) is 4.79 Å². The van der Waals surface area contributed by atoms with Crippen LogP contribution in [0.25, 0.3) is 0 Å². The van der Waals surface area contributed by atoms with Crippen LogP contribution in [0.15, 0.2) is 0 Å². The summed E-state index contributed by atoms with van der Waals surface area (Å²) in [5.41, 5.74) is 0. The normalized spacial score (nSPS) is 14.1. The van der Waals surface area contributed by atoms with E-state index < -0.39 is 0 Å². The average molecular weight is 192 g/mol. The van der Waals surface area contributed by atoms with Crippen molar-refractivity contribution in [2.45, 2.75) is 20.8 Å². The molecule has 0 radical (unpaired) electrons. The predicted molar refractivity (Wildman–Crippen MR) is 56.9 cm³/mol. The van der Waals surface area contributed by atoms with Crippen LogP contribution in [0.1, 0.15) is 22.2 Å². The summed E-state index contributed by atoms with van der Waals surface area (Å²) in [6, 6.07) is 0. The van der Waals surface area contributed by atoms with E-state index in [1.54, 1.807) is 6.92 Å². The Kier molecular flexibility index (Phi) is 20.0. The Bertz CT molecular complexity index is 79.4. The Hall–Kier alpha value is -0.610. The maximum Gasteiger partial charge on any atom is 0.293 e. The van der Waals surface area contributed by atoms with Crippen LogP contribution in [0.2, 0.25) is 0 Å². The molecule has 1 heterocycles. The Balaban J connectivity index is -0.000000141. The van der Waals surface area contributed by atoms with Gasteiger partial charge in [0.1, 0.15) is 0 Å². The first-order chi connectivity index (χ1) is 6.41. The molecule has 2 N–H and O–H groups in total. The van der Waals surface area contributed by atoms with Crippen molar-refractivity contribution in [2.24, 2.45) is 0 Å². The van der Waals surface area contributed by atoms with E-state index in [4.69, 9.17) is 0 Å². The molecule has 0 aromatic heterocycles. The van der Waals surface area contributed by atoms with Gasteiger partial charge in [0.25, 0.3) is 6.47 Å². The molecule has 0 aromatic carbocycles. The van der Waals surface area contributed by atoms with Gasteiger partial charge in [0, 0.05) is 27.6 Å². The van der Waals surface area contributed by atoms with E-state index in [0.717, 1.165) is 26.2 Å². The molecular formula is C9H24N2O2. The fourth-order valence-electron chi connectivity index (χ4n) is 0.672. The van der Waals surface area contributed by atoms with E-state index >= 15 is 0 Å². The fourth-order valence-corrected chi connectivity index (χ4v) is 0.672. The van der Waals surface area contributed by atoms with E-state index in [1.165, 1.54) is 0 Å². The number of rotatable bonds is 2. The van der Waals surface area contributed by atoms with Gasteiger partial charge < -0.3 is 15.4 Å². The van der Waals surface area contributed by atoms with Gasteiger partial charge in [-0.15, -0.1) is 0 Å². The van der Waals surface area contributed by atoms with E-state index in [0.29, 0.717) is 13.1 Å². The summed E-state index contributed by atoms with van der Waals surface area (Å²) in [6.07, 6.45) is 0. The number of carbonyl (C=O) groups excluding carboxylic acids is 1. The third-order valence-electron chi connectivity index (χ3n) is 1.19. The maximum atomic E-state index is 9.18. The van der Waals surface area contributed by atoms with Crippen LogP contribution in [0.3, 0.4) is 0 Å². The first-order valence-corrected chi connectivity index (χ1v) is 4.88. The zero-order chi connectivity index (χ0) is 10.4. The first-order valence-electron chi connectivity index (χ1n) is 4.88. The molecule has 1 fully saturated rings. The molecule has 13 heavy (non-hydrogen) atoms. The van der Waals surface area contributed by atoms with Crippen molar-refractivity contribution >= 4 is 6.47 Å². The van der Waals surface area contributed by atoms with Gasteiger partial charge in [-0.05, 0) is 6.92 Å². The minimum atomic E-state index is 0. The number of hydrogen-bond donors (Lipinski definition) is 2. The van der Waals surface area contributed by atoms with Crippen LogP contribution in [0.5, 0.6) is 0 Å². The van der Waals surface area contributed by atoms with Crippen LogP contribution in [0.4, 0.5) is 0 Å². The van der Waals surface area contributed by atoms with Crippen molar-refractivity contribution in [3.05, 3.63) is 0 Å². The summed E-state index contributed by atoms with van der Waals surface area (Å²) in [5, 5.41) is 6.44. The van der Waals surface area contributed by atoms with Crippen LogP contribution in [0, 0.1) is 0 Å². The number of hydrogen-bond acceptors (Lipinski definition) is 4. The van der Waals surface area contributed by atoms with Crippen LogP contribution >= 0.6 is 0 Å². The van der Waals surface area contributed by atoms with E-state index in [1.807, 2.05) is 13.8 Å². The molecule has 1 rings (SSSR count). The summed E-state index contributed by atoms with van der Waals surface area (Å²) in [7, 11) is 0. The maximum absolute atomic E-state index is 9.18. The Morgan fingerprint density at radius 1 is 1.23 bits per heavy atom. The highest BCUT2D eigenvalue weighted by molar-refractivity contribution is 5.36. The minimum absolute atomic E-state index is 0. The Morgan fingerprint density at radius 2 is 1.62 bits per heavy atom. The molecular weight excluding hydrogens is 168 g/mol. The van der Waals surface area contributed by atoms with Crippen LogP contribution in [-0.2, 0) is 9.53 Å². The molecule has 4 nitrogen and oxygen atoms in total. The number of ether oxygens (including phenoxy) is 1. The lowest BCUT2D eigenvalue weighted by molar-refractivity contribution is -0.128. The molecule has 0 bridgehead atoms. The quantitative estimate of drug-likeness (QED) is 0.630. The molecule has 0 unspecified atom stereocenters. The topological polar surface area (TPSA) is 50.4 Å². The van der Waals surface area contributed by atoms with Gasteiger partial charge >= 0.3 is 0 Å². The summed E-state index contributed by atoms with van der Waals surface area (Å²) in [5.74, 6) is 0. The minimum Gasteiger partial charge on any atom is -0.468 e. The fraction of sp³-hybridized carbons (Fsp3) is 0.889. The average Bonchev–Trinajstić information content (AvgIpc) is 2.25. The Labute approximate surface area is 82.5 Å². The van der Waals surface area contributed by atoms with Gasteiger partial charge in [-0.25, -0.2) is 0 Å². The Morgan fingerprint density at radius 3 is 1.69 bits per heavy atom. The SMILES string of the molecule is C1CNCCN1.CC.CCOC=O.[HH]. The second-order valence-electron chi connectivity index (χ2n) is 2.05. The number of piperazine rings is 1. The summed E-state index contributed by atoms with van der Waals surface area (Å²) >= 11 is 0. The lowest BCUT2D eigenvalue weighted by Gasteiger charge is -2.11. The number of carbonyl (C=O) groups is 1. The largest absolute Gasteiger partial charge is 0.468 e. The highest BCUT2D eigenvalue weighted by Gasteiger charge is 1.91. The van der Waals surface area contributed by atoms with Crippen molar-refractivity contribution in [1.82, 2.24) is 10.6 Å². The monoisotopic (exact) mass is 192 g/mol. The van der Waals surface area contributed by atoms with Gasteiger partial charge in [0.15, 0.2) is 0 Å². The molecule has 82 valence electrons. The van der Waals surface area contributed by atoms with Crippen molar-refractivity contribution < 1.29 is 11.0 Å². The van der Waals surface area contributed by atoms with Crippen molar-refractivity contribution in [3.63, 3.8) is 0 Å². The van der Waals surface area contributed by atoms with E-state index in [9.17, 15) is 4.79 Å². The molecule has 0 aliphatic carbocycles. The zero-order valence-corrected chi connectivity index (χ0v) is 8.93. The molecule has 0 aromatic rings. The van der Waals surface area contributed by atoms with Gasteiger partial charge in [0.2, 0.25) is 0 Å². The molecule has 1 saturated heterocycles. The lowest BCUT2D eigenvalue weighted by atomic mass is 10.4. The molecule has 1 aliphatic rings. The first kappa shape index (κ1) is 14.9. The van der Waals surface area contributed by atoms with Gasteiger partial charge in [0.05, 0.1) is 6.61 Å². The summed E-state index contributed by atoms with van der Waals surface area (Å²) in [6.45, 7) is 11.2. The molecule has 1 aliphatic heterocycles. The van der Waals surface area contributed by atoms with Gasteiger partial charge in [-0.1, -0.05) is 13.8 Å². The van der Waals surface area contributed by atoms with E-state index in [-0.39, 0.29) is 1.43 Å². The van der Waals surface area contributed by atoms with Crippen molar-refractivity contribution in [1.29, 1.82) is 0 Å². The second-order valence-corrected chi connectivity index (χ2v) is 2.05. The second kappa shape index (κ2) is 17.5. The van der Waals surface area contributed by atoms with E-state index in [2.05, 4.69) is 15.4 Å². The molecule has 0 atom stereocenters. The highest BCUT2D eigenvalue weighted by Crippen LogP contribution is 1.65. The van der Waals surface area contributed by atoms with Crippen molar-refractivity contribution in [2.75, 3.05) is 32.8 Å². The smallest absolute Gasteiger partial charge is 0.293 e. The molecule has 4 heteroatoms. The zero-order valence-electron chi connectivity index (χ0n) is 8.93. The molecule has 0 amide bonds. The molecule has 0 saturated carbocycles. The van der Waals surface area contributed by atoms with Crippen LogP contribution < -0.4 is 10.6 Å². The molecule has 0 spiro atoms. The summed E-state index contributed by atoms with van der Waals surface area (Å²) < 4.78 is 4.15. The van der Waals surface area contributed by atoms with Crippen LogP contribution in [-0.4, -0.2) is 39.3 Å². The lowest BCUT2D eigenvalue weighted by Crippen LogP contribution is -2.39. The standard InChI is InChI=1S/C4H10N2.C3H6O2.C2H6.H2/c1-2-6-4-3-5-1;1-2-5-3-4;1-2;/h5-6H,1-4H2;3H,2H2,1H3;1-2H3;1H. The van der Waals surface area contributed by atoms with Crippen molar-refractivity contribution in [3.8, 4) is 0 Å². The highest BCUT2D eigenvalue weighted by atomic mass is 16.5. The third-order valence-corrected chi connectivity index (χ3v) is 1.19. The predicted octanol–water partition coefficient (Wildman–Crippen LogP) is 0.631. The van der Waals surface area contributed by atoms with Gasteiger partial charge in [-0.2, -0.15) is 0 Å². The third kappa shape index (κ3) is 18.4.